The van der Waals surface area contributed by atoms with Crippen LogP contribution in [0.2, 0.25) is 0 Å². The Morgan fingerprint density at radius 2 is 1.74 bits per heavy atom. The van der Waals surface area contributed by atoms with Crippen molar-refractivity contribution in [3.8, 4) is 0 Å². The minimum absolute atomic E-state index is 0. The highest BCUT2D eigenvalue weighted by Gasteiger charge is 2.56. The van der Waals surface area contributed by atoms with Crippen molar-refractivity contribution < 1.29 is 19.1 Å². The van der Waals surface area contributed by atoms with Crippen molar-refractivity contribution >= 4 is 24.3 Å². The zero-order valence-electron chi connectivity index (χ0n) is 23.4. The van der Waals surface area contributed by atoms with Crippen LogP contribution < -0.4 is 5.32 Å². The zero-order valence-corrected chi connectivity index (χ0v) is 24.2. The first-order valence-electron chi connectivity index (χ1n) is 14.0. The molecule has 4 aliphatic rings. The number of carbonyl (C=O) groups is 2. The first kappa shape index (κ1) is 29.1. The summed E-state index contributed by atoms with van der Waals surface area (Å²) in [4.78, 5) is 32.7. The Bertz CT molecular complexity index is 957. The number of amides is 3. The predicted molar refractivity (Wildman–Crippen MR) is 149 cm³/mol. The number of nitrogens with zero attached hydrogens (tertiary/aromatic N) is 3. The molecule has 4 saturated heterocycles. The molecule has 2 unspecified atom stereocenters. The normalized spacial score (nSPS) is 29.6. The molecule has 8 nitrogen and oxygen atoms in total. The molecule has 4 aliphatic heterocycles. The van der Waals surface area contributed by atoms with E-state index in [2.05, 4.69) is 29.3 Å². The minimum atomic E-state index is -0.160. The monoisotopic (exact) mass is 548 g/mol. The molecule has 9 heteroatoms. The van der Waals surface area contributed by atoms with E-state index in [4.69, 9.17) is 9.47 Å². The molecule has 1 spiro atoms. The van der Waals surface area contributed by atoms with Crippen LogP contribution in [0.25, 0.3) is 0 Å². The molecule has 3 amide bonds. The van der Waals surface area contributed by atoms with Gasteiger partial charge in [-0.2, -0.15) is 0 Å². The average Bonchev–Trinajstić information content (AvgIpc) is 3.25. The molecule has 0 saturated carbocycles. The summed E-state index contributed by atoms with van der Waals surface area (Å²) in [6.45, 7) is 10.1. The van der Waals surface area contributed by atoms with Crippen LogP contribution in [0, 0.1) is 11.3 Å². The number of benzene rings is 1. The van der Waals surface area contributed by atoms with Gasteiger partial charge in [0.15, 0.2) is 0 Å². The average molecular weight is 549 g/mol. The van der Waals surface area contributed by atoms with Gasteiger partial charge >= 0.3 is 6.03 Å². The molecule has 0 aliphatic carbocycles. The van der Waals surface area contributed by atoms with Crippen LogP contribution in [0.5, 0.6) is 0 Å². The van der Waals surface area contributed by atoms with Crippen molar-refractivity contribution in [2.75, 3.05) is 46.7 Å². The molecular weight excluding hydrogens is 504 g/mol. The van der Waals surface area contributed by atoms with E-state index in [1.807, 2.05) is 48.9 Å². The summed E-state index contributed by atoms with van der Waals surface area (Å²) in [5, 5.41) is 3.29. The lowest BCUT2D eigenvalue weighted by Gasteiger charge is -2.47. The number of carbonyl (C=O) groups excluding carboxylic acids is 2. The van der Waals surface area contributed by atoms with E-state index in [-0.39, 0.29) is 47.3 Å². The summed E-state index contributed by atoms with van der Waals surface area (Å²) in [6.07, 6.45) is 5.28. The second-order valence-electron chi connectivity index (χ2n) is 12.5. The second kappa shape index (κ2) is 11.7. The maximum atomic E-state index is 13.4. The third-order valence-electron chi connectivity index (χ3n) is 9.12. The van der Waals surface area contributed by atoms with Crippen LogP contribution in [-0.2, 0) is 14.3 Å². The van der Waals surface area contributed by atoms with E-state index >= 15 is 0 Å². The Kier molecular flexibility index (Phi) is 8.97. The molecule has 1 N–H and O–H groups in total. The predicted octanol–water partition coefficient (Wildman–Crippen LogP) is 4.06. The van der Waals surface area contributed by atoms with E-state index in [1.54, 1.807) is 0 Å². The lowest BCUT2D eigenvalue weighted by Crippen LogP contribution is -2.57. The number of likely N-dealkylation sites (N-methyl/N-ethyl adjacent to an activating group) is 1. The maximum absolute atomic E-state index is 13.4. The van der Waals surface area contributed by atoms with Gasteiger partial charge in [0, 0.05) is 50.1 Å². The lowest BCUT2D eigenvalue weighted by molar-refractivity contribution is -0.162. The van der Waals surface area contributed by atoms with Gasteiger partial charge in [0.2, 0.25) is 5.91 Å². The Labute approximate surface area is 233 Å². The third kappa shape index (κ3) is 5.83. The highest BCUT2D eigenvalue weighted by atomic mass is 35.5. The number of hydrogen-bond donors (Lipinski definition) is 1. The van der Waals surface area contributed by atoms with Crippen LogP contribution in [0.1, 0.15) is 64.5 Å². The fourth-order valence-corrected chi connectivity index (χ4v) is 7.10. The molecule has 2 bridgehead atoms. The van der Waals surface area contributed by atoms with Gasteiger partial charge in [-0.15, -0.1) is 12.4 Å². The van der Waals surface area contributed by atoms with Crippen molar-refractivity contribution in [1.82, 2.24) is 20.0 Å². The number of halogens is 1. The van der Waals surface area contributed by atoms with Gasteiger partial charge in [-0.05, 0) is 37.7 Å². The van der Waals surface area contributed by atoms with E-state index in [1.165, 1.54) is 18.4 Å². The van der Waals surface area contributed by atoms with Crippen LogP contribution in [0.3, 0.4) is 0 Å². The Morgan fingerprint density at radius 3 is 2.34 bits per heavy atom. The number of rotatable bonds is 8. The number of nitrogens with one attached hydrogen (secondary N) is 1. The van der Waals surface area contributed by atoms with Crippen LogP contribution in [-0.4, -0.2) is 90.9 Å². The second-order valence-corrected chi connectivity index (χ2v) is 12.5. The Balaban J connectivity index is 0.00000336. The number of fused-ring (bicyclic) bond motifs is 2. The summed E-state index contributed by atoms with van der Waals surface area (Å²) in [5.41, 5.74) is 0.905. The highest BCUT2D eigenvalue weighted by molar-refractivity contribution is 5.85. The van der Waals surface area contributed by atoms with Crippen LogP contribution >= 0.6 is 12.4 Å². The lowest BCUT2D eigenvalue weighted by atomic mass is 9.81. The fourth-order valence-electron chi connectivity index (χ4n) is 7.10. The molecule has 0 aromatic heterocycles. The van der Waals surface area contributed by atoms with Crippen LogP contribution in [0.15, 0.2) is 30.3 Å². The minimum Gasteiger partial charge on any atom is -0.355 e. The Hall–Kier alpha value is -1.87. The van der Waals surface area contributed by atoms with Gasteiger partial charge in [0.25, 0.3) is 0 Å². The van der Waals surface area contributed by atoms with Gasteiger partial charge in [-0.25, -0.2) is 4.79 Å². The topological polar surface area (TPSA) is 74.4 Å². The number of ether oxygens (including phenoxy) is 2. The molecule has 4 heterocycles. The summed E-state index contributed by atoms with van der Waals surface area (Å²) >= 11 is 0. The van der Waals surface area contributed by atoms with Gasteiger partial charge in [-0.1, -0.05) is 51.1 Å². The van der Waals surface area contributed by atoms with Crippen molar-refractivity contribution in [3.63, 3.8) is 0 Å². The van der Waals surface area contributed by atoms with Crippen LogP contribution in [0.4, 0.5) is 4.79 Å². The van der Waals surface area contributed by atoms with E-state index in [9.17, 15) is 9.59 Å². The number of hydrogen-bond acceptors (Lipinski definition) is 5. The molecule has 5 rings (SSSR count). The summed E-state index contributed by atoms with van der Waals surface area (Å²) in [6, 6.07) is 11.4. The van der Waals surface area contributed by atoms with Crippen molar-refractivity contribution in [2.24, 2.45) is 11.3 Å². The van der Waals surface area contributed by atoms with Gasteiger partial charge in [0.05, 0.1) is 24.8 Å². The van der Waals surface area contributed by atoms with Crippen molar-refractivity contribution in [3.05, 3.63) is 35.9 Å². The zero-order chi connectivity index (χ0) is 26.2. The molecule has 38 heavy (non-hydrogen) atoms. The summed E-state index contributed by atoms with van der Waals surface area (Å²) < 4.78 is 11.1. The first-order valence-corrected chi connectivity index (χ1v) is 14.0. The quantitative estimate of drug-likeness (QED) is 0.530. The number of piperidine rings is 1. The smallest absolute Gasteiger partial charge is 0.320 e. The van der Waals surface area contributed by atoms with Gasteiger partial charge in [-0.3, -0.25) is 9.69 Å². The number of urea groups is 1. The molecule has 1 aromatic carbocycles. The maximum Gasteiger partial charge on any atom is 0.320 e. The molecule has 1 aromatic rings. The van der Waals surface area contributed by atoms with E-state index in [0.717, 1.165) is 32.4 Å². The summed E-state index contributed by atoms with van der Waals surface area (Å²) in [5.74, 6) is 0.0627. The van der Waals surface area contributed by atoms with Gasteiger partial charge < -0.3 is 24.6 Å². The first-order chi connectivity index (χ1) is 17.7. The standard InChI is InChI=1S/C29H44N4O4.ClH/c1-21(2)26(34)30-25(22-8-6-5-7-9-22)12-13-33-23-10-11-24(33)15-29(14-23)17-32(27(35)31(29)4)16-28(3)18-36-20-37-19-28;/h5-9,21,23-25H,10-20H2,1-4H3,(H,30,34);1H/t23?,24?,25-,29?;/m0./s1. The molecule has 212 valence electrons. The largest absolute Gasteiger partial charge is 0.355 e. The molecule has 3 atom stereocenters. The Morgan fingerprint density at radius 1 is 1.11 bits per heavy atom. The highest BCUT2D eigenvalue weighted by Crippen LogP contribution is 2.47. The third-order valence-corrected chi connectivity index (χ3v) is 9.12. The molecule has 4 fully saturated rings. The fraction of sp³-hybridized carbons (Fsp3) is 0.724. The molecular formula is C29H45ClN4O4. The van der Waals surface area contributed by atoms with E-state index in [0.29, 0.717) is 38.6 Å². The SMILES string of the molecule is CC(C)C(=O)N[C@@H](CCN1C2CCC1CC1(C2)CN(CC2(C)COCOC2)C(=O)N1C)c1ccccc1.Cl. The molecule has 0 radical (unpaired) electrons. The van der Waals surface area contributed by atoms with E-state index < -0.39 is 0 Å². The van der Waals surface area contributed by atoms with Gasteiger partial charge in [0.1, 0.15) is 6.79 Å². The van der Waals surface area contributed by atoms with Crippen molar-refractivity contribution in [1.29, 1.82) is 0 Å². The van der Waals surface area contributed by atoms with Crippen molar-refractivity contribution in [2.45, 2.75) is 76.5 Å². The summed E-state index contributed by atoms with van der Waals surface area (Å²) in [7, 11) is 2.00.